The van der Waals surface area contributed by atoms with Crippen molar-refractivity contribution >= 4 is 22.0 Å². The summed E-state index contributed by atoms with van der Waals surface area (Å²) >= 11 is 3.45. The van der Waals surface area contributed by atoms with Crippen molar-refractivity contribution in [3.63, 3.8) is 0 Å². The molecule has 2 fully saturated rings. The topological polar surface area (TPSA) is 49.8 Å². The fourth-order valence-electron chi connectivity index (χ4n) is 3.99. The summed E-state index contributed by atoms with van der Waals surface area (Å²) in [4.78, 5) is 14.7. The van der Waals surface area contributed by atoms with Crippen LogP contribution in [0.2, 0.25) is 0 Å². The van der Waals surface area contributed by atoms with Crippen molar-refractivity contribution in [2.24, 2.45) is 0 Å². The fourth-order valence-corrected chi connectivity index (χ4v) is 4.25. The van der Waals surface area contributed by atoms with Crippen LogP contribution in [0, 0.1) is 0 Å². The molecule has 4 nitrogen and oxygen atoms in total. The monoisotopic (exact) mass is 381 g/mol. The minimum Gasteiger partial charge on any atom is -0.444 e. The second-order valence-corrected chi connectivity index (χ2v) is 8.48. The zero-order chi connectivity index (χ0) is 16.8. The Morgan fingerprint density at radius 1 is 1.26 bits per heavy atom. The van der Waals surface area contributed by atoms with Crippen LogP contribution in [0.25, 0.3) is 0 Å². The van der Waals surface area contributed by atoms with Crippen molar-refractivity contribution in [2.45, 2.75) is 69.7 Å². The highest BCUT2D eigenvalue weighted by Crippen LogP contribution is 2.51. The van der Waals surface area contributed by atoms with E-state index in [1.54, 1.807) is 0 Å². The van der Waals surface area contributed by atoms with Gasteiger partial charge in [-0.1, -0.05) is 28.1 Å². The molecule has 23 heavy (non-hydrogen) atoms. The van der Waals surface area contributed by atoms with E-state index >= 15 is 0 Å². The van der Waals surface area contributed by atoms with Crippen LogP contribution in [-0.4, -0.2) is 33.8 Å². The normalized spacial score (nSPS) is 30.4. The zero-order valence-corrected chi connectivity index (χ0v) is 15.5. The molecule has 2 aliphatic rings. The lowest BCUT2D eigenvalue weighted by Crippen LogP contribution is -2.59. The van der Waals surface area contributed by atoms with Crippen molar-refractivity contribution in [1.82, 2.24) is 4.90 Å². The minimum atomic E-state index is -0.661. The average Bonchev–Trinajstić information content (AvgIpc) is 2.76. The maximum Gasteiger partial charge on any atom is 0.411 e. The summed E-state index contributed by atoms with van der Waals surface area (Å²) in [5, 5.41) is 10.8. The van der Waals surface area contributed by atoms with Crippen molar-refractivity contribution in [3.05, 3.63) is 34.3 Å². The van der Waals surface area contributed by atoms with Gasteiger partial charge in [-0.25, -0.2) is 4.79 Å². The molecule has 0 aromatic heterocycles. The standard InChI is InChI=1S/C18H24BrNO3/c1-17(2,3)23-16(22)20-14-8-9-15(21)18(20,11-10-14)12-4-6-13(19)7-5-12/h4-7,14-15,21H,8-11H2,1-3H3. The van der Waals surface area contributed by atoms with Crippen LogP contribution < -0.4 is 0 Å². The van der Waals surface area contributed by atoms with E-state index in [2.05, 4.69) is 15.9 Å². The summed E-state index contributed by atoms with van der Waals surface area (Å²) < 4.78 is 6.63. The third kappa shape index (κ3) is 2.89. The Kier molecular flexibility index (Phi) is 4.21. The molecule has 2 bridgehead atoms. The van der Waals surface area contributed by atoms with Crippen molar-refractivity contribution in [2.75, 3.05) is 0 Å². The van der Waals surface area contributed by atoms with Gasteiger partial charge in [0.25, 0.3) is 0 Å². The van der Waals surface area contributed by atoms with Crippen LogP contribution in [0.5, 0.6) is 0 Å². The molecule has 1 aromatic rings. The Bertz CT molecular complexity index is 595. The van der Waals surface area contributed by atoms with Crippen LogP contribution in [0.1, 0.15) is 52.0 Å². The Morgan fingerprint density at radius 2 is 1.91 bits per heavy atom. The molecule has 0 radical (unpaired) electrons. The SMILES string of the molecule is CC(C)(C)OC(=O)N1C2CCC(O)C1(c1ccc(Br)cc1)CC2. The summed E-state index contributed by atoms with van der Waals surface area (Å²) in [5.74, 6) is 0. The van der Waals surface area contributed by atoms with E-state index in [-0.39, 0.29) is 12.1 Å². The Balaban J connectivity index is 2.02. The van der Waals surface area contributed by atoms with Gasteiger partial charge in [0.05, 0.1) is 11.6 Å². The molecule has 1 aromatic carbocycles. The number of aliphatic hydroxyl groups excluding tert-OH is 1. The molecule has 126 valence electrons. The summed E-state index contributed by atoms with van der Waals surface area (Å²) in [6.07, 6.45) is 2.36. The number of rotatable bonds is 1. The predicted molar refractivity (Wildman–Crippen MR) is 92.2 cm³/mol. The lowest BCUT2D eigenvalue weighted by Gasteiger charge is -2.48. The van der Waals surface area contributed by atoms with Gasteiger partial charge in [-0.3, -0.25) is 4.90 Å². The highest BCUT2D eigenvalue weighted by Gasteiger charge is 2.57. The molecule has 0 aliphatic carbocycles. The molecule has 0 spiro atoms. The molecule has 3 unspecified atom stereocenters. The number of hydrogen-bond acceptors (Lipinski definition) is 3. The highest BCUT2D eigenvalue weighted by molar-refractivity contribution is 9.10. The van der Waals surface area contributed by atoms with Gasteiger partial charge in [0.15, 0.2) is 0 Å². The largest absolute Gasteiger partial charge is 0.444 e. The van der Waals surface area contributed by atoms with Crippen LogP contribution in [0.4, 0.5) is 4.79 Å². The molecule has 2 aliphatic heterocycles. The first-order valence-corrected chi connectivity index (χ1v) is 9.00. The Hall–Kier alpha value is -1.07. The number of halogens is 1. The Morgan fingerprint density at radius 3 is 2.52 bits per heavy atom. The fraction of sp³-hybridized carbons (Fsp3) is 0.611. The van der Waals surface area contributed by atoms with Crippen LogP contribution in [0.3, 0.4) is 0 Å². The van der Waals surface area contributed by atoms with Crippen molar-refractivity contribution in [3.8, 4) is 0 Å². The predicted octanol–water partition coefficient (Wildman–Crippen LogP) is 4.20. The first-order chi connectivity index (χ1) is 10.7. The van der Waals surface area contributed by atoms with Gasteiger partial charge in [-0.2, -0.15) is 0 Å². The first-order valence-electron chi connectivity index (χ1n) is 8.20. The third-order valence-corrected chi connectivity index (χ3v) is 5.44. The number of carbonyl (C=O) groups excluding carboxylic acids is 1. The van der Waals surface area contributed by atoms with Gasteiger partial charge in [0.2, 0.25) is 0 Å². The minimum absolute atomic E-state index is 0.150. The maximum absolute atomic E-state index is 12.8. The van der Waals surface area contributed by atoms with E-state index in [0.29, 0.717) is 0 Å². The maximum atomic E-state index is 12.8. The summed E-state index contributed by atoms with van der Waals surface area (Å²) in [6.45, 7) is 5.62. The molecular weight excluding hydrogens is 358 g/mol. The molecule has 5 heteroatoms. The number of nitrogens with zero attached hydrogens (tertiary/aromatic N) is 1. The number of hydrogen-bond donors (Lipinski definition) is 1. The highest BCUT2D eigenvalue weighted by atomic mass is 79.9. The molecule has 3 rings (SSSR count). The summed E-state index contributed by atoms with van der Waals surface area (Å²) in [7, 11) is 0. The number of amides is 1. The third-order valence-electron chi connectivity index (χ3n) is 4.91. The average molecular weight is 382 g/mol. The molecule has 1 amide bonds. The molecule has 2 heterocycles. The smallest absolute Gasteiger partial charge is 0.411 e. The molecule has 0 saturated carbocycles. The van der Waals surface area contributed by atoms with Crippen molar-refractivity contribution in [1.29, 1.82) is 0 Å². The first kappa shape index (κ1) is 16.8. The number of ether oxygens (including phenoxy) is 1. The molecule has 3 atom stereocenters. The van der Waals surface area contributed by atoms with Crippen LogP contribution in [-0.2, 0) is 10.3 Å². The van der Waals surface area contributed by atoms with E-state index in [4.69, 9.17) is 4.74 Å². The van der Waals surface area contributed by atoms with Crippen molar-refractivity contribution < 1.29 is 14.6 Å². The van der Waals surface area contributed by atoms with Crippen LogP contribution in [0.15, 0.2) is 28.7 Å². The van der Waals surface area contributed by atoms with Gasteiger partial charge in [-0.15, -0.1) is 0 Å². The van der Waals surface area contributed by atoms with Gasteiger partial charge in [0, 0.05) is 10.5 Å². The lowest BCUT2D eigenvalue weighted by atomic mass is 9.79. The lowest BCUT2D eigenvalue weighted by molar-refractivity contribution is -0.0703. The Labute approximate surface area is 145 Å². The van der Waals surface area contributed by atoms with E-state index < -0.39 is 17.2 Å². The molecule has 2 saturated heterocycles. The van der Waals surface area contributed by atoms with Gasteiger partial charge < -0.3 is 9.84 Å². The number of piperidine rings is 1. The summed E-state index contributed by atoms with van der Waals surface area (Å²) in [6, 6.07) is 8.08. The number of aliphatic hydroxyl groups is 1. The van der Waals surface area contributed by atoms with Gasteiger partial charge >= 0.3 is 6.09 Å². The van der Waals surface area contributed by atoms with Gasteiger partial charge in [0.1, 0.15) is 5.60 Å². The van der Waals surface area contributed by atoms with E-state index in [1.807, 2.05) is 49.9 Å². The zero-order valence-electron chi connectivity index (χ0n) is 13.9. The van der Waals surface area contributed by atoms with E-state index in [0.717, 1.165) is 35.7 Å². The summed E-state index contributed by atoms with van der Waals surface area (Å²) in [5.41, 5.74) is -0.215. The second-order valence-electron chi connectivity index (χ2n) is 7.57. The second kappa shape index (κ2) is 5.78. The number of fused-ring (bicyclic) bond motifs is 2. The van der Waals surface area contributed by atoms with Crippen LogP contribution >= 0.6 is 15.9 Å². The van der Waals surface area contributed by atoms with E-state index in [1.165, 1.54) is 0 Å². The van der Waals surface area contributed by atoms with Gasteiger partial charge in [-0.05, 0) is 64.2 Å². The number of benzene rings is 1. The number of carbonyl (C=O) groups is 1. The van der Waals surface area contributed by atoms with E-state index in [9.17, 15) is 9.90 Å². The molecular formula is C18H24BrNO3. The quantitative estimate of drug-likeness (QED) is 0.792. The molecule has 1 N–H and O–H groups in total.